The highest BCUT2D eigenvalue weighted by molar-refractivity contribution is 7.89. The van der Waals surface area contributed by atoms with E-state index in [9.17, 15) is 18.0 Å². The van der Waals surface area contributed by atoms with Crippen LogP contribution in [0.5, 0.6) is 0 Å². The van der Waals surface area contributed by atoms with Crippen molar-refractivity contribution in [1.82, 2.24) is 14.5 Å². The molecule has 218 valence electrons. The predicted octanol–water partition coefficient (Wildman–Crippen LogP) is 2.97. The largest absolute Gasteiger partial charge is 0.458 e. The zero-order chi connectivity index (χ0) is 29.1. The highest BCUT2D eigenvalue weighted by Gasteiger charge is 2.41. The molecular formula is C30H42N4O5S. The Labute approximate surface area is 238 Å². The van der Waals surface area contributed by atoms with Gasteiger partial charge in [0, 0.05) is 44.8 Å². The number of hydrogen-bond donors (Lipinski definition) is 1. The van der Waals surface area contributed by atoms with Crippen molar-refractivity contribution in [2.24, 2.45) is 0 Å². The van der Waals surface area contributed by atoms with Gasteiger partial charge in [-0.25, -0.2) is 13.2 Å². The van der Waals surface area contributed by atoms with Crippen LogP contribution in [0.2, 0.25) is 0 Å². The molecule has 2 fully saturated rings. The average molecular weight is 571 g/mol. The van der Waals surface area contributed by atoms with Crippen LogP contribution in [0.3, 0.4) is 0 Å². The molecular weight excluding hydrogens is 528 g/mol. The number of carbonyl (C=O) groups is 2. The number of esters is 1. The van der Waals surface area contributed by atoms with Gasteiger partial charge in [0.25, 0.3) is 0 Å². The maximum absolute atomic E-state index is 13.5. The van der Waals surface area contributed by atoms with Crippen molar-refractivity contribution in [3.8, 4) is 0 Å². The van der Waals surface area contributed by atoms with E-state index >= 15 is 0 Å². The normalized spacial score (nSPS) is 19.8. The minimum Gasteiger partial charge on any atom is -0.458 e. The van der Waals surface area contributed by atoms with Crippen LogP contribution in [-0.2, 0) is 30.8 Å². The lowest BCUT2D eigenvalue weighted by atomic mass is 10.0. The van der Waals surface area contributed by atoms with E-state index in [1.807, 2.05) is 31.2 Å². The van der Waals surface area contributed by atoms with E-state index in [-0.39, 0.29) is 17.9 Å². The summed E-state index contributed by atoms with van der Waals surface area (Å²) in [5.74, 6) is -1.03. The van der Waals surface area contributed by atoms with Crippen LogP contribution in [0.1, 0.15) is 44.7 Å². The molecule has 2 saturated heterocycles. The molecule has 1 N–H and O–H groups in total. The third-order valence-corrected chi connectivity index (χ3v) is 9.31. The number of aryl methyl sites for hydroxylation is 1. The Balaban J connectivity index is 1.50. The van der Waals surface area contributed by atoms with Crippen LogP contribution in [0.15, 0.2) is 53.4 Å². The topological polar surface area (TPSA) is 99.3 Å². The lowest BCUT2D eigenvalue weighted by Crippen LogP contribution is -2.52. The number of anilines is 1. The van der Waals surface area contributed by atoms with Gasteiger partial charge in [-0.3, -0.25) is 4.79 Å². The quantitative estimate of drug-likeness (QED) is 0.487. The molecule has 0 bridgehead atoms. The Bertz CT molecular complexity index is 1280. The fourth-order valence-electron chi connectivity index (χ4n) is 5.11. The molecule has 9 nitrogen and oxygen atoms in total. The van der Waals surface area contributed by atoms with Crippen molar-refractivity contribution in [3.63, 3.8) is 0 Å². The molecule has 0 radical (unpaired) electrons. The standard InChI is InChI=1S/C30H42N4O5S/c1-22-8-14-25(15-9-22)40(37,38)34-16-6-7-27(34)28(35)31-26(29(36)39-30(2,3)4)21-23-10-12-24(13-11-23)33-19-17-32(5)18-20-33/h8-15,26-27H,6-7,16-21H2,1-5H3,(H,31,35)/t26-,27+/m0/s1. The Morgan fingerprint density at radius 3 is 2.20 bits per heavy atom. The second-order valence-electron chi connectivity index (χ2n) is 11.8. The van der Waals surface area contributed by atoms with Crippen molar-refractivity contribution in [2.45, 2.75) is 69.5 Å². The number of piperazine rings is 1. The number of benzene rings is 2. The van der Waals surface area contributed by atoms with Crippen LogP contribution in [0, 0.1) is 6.92 Å². The lowest BCUT2D eigenvalue weighted by molar-refractivity contribution is -0.158. The number of carbonyl (C=O) groups excluding carboxylic acids is 2. The van der Waals surface area contributed by atoms with E-state index in [2.05, 4.69) is 22.2 Å². The first-order valence-corrected chi connectivity index (χ1v) is 15.4. The number of amides is 1. The number of ether oxygens (including phenoxy) is 1. The maximum Gasteiger partial charge on any atom is 0.329 e. The molecule has 0 aliphatic carbocycles. The van der Waals surface area contributed by atoms with Gasteiger partial charge in [-0.05, 0) is 77.4 Å². The van der Waals surface area contributed by atoms with Crippen LogP contribution in [0.25, 0.3) is 0 Å². The molecule has 2 aromatic rings. The summed E-state index contributed by atoms with van der Waals surface area (Å²) < 4.78 is 33.7. The van der Waals surface area contributed by atoms with Crippen molar-refractivity contribution in [1.29, 1.82) is 0 Å². The van der Waals surface area contributed by atoms with Crippen molar-refractivity contribution in [3.05, 3.63) is 59.7 Å². The highest BCUT2D eigenvalue weighted by Crippen LogP contribution is 2.27. The molecule has 40 heavy (non-hydrogen) atoms. The Morgan fingerprint density at radius 2 is 1.60 bits per heavy atom. The summed E-state index contributed by atoms with van der Waals surface area (Å²) in [6.45, 7) is 11.4. The second-order valence-corrected chi connectivity index (χ2v) is 13.7. The molecule has 2 atom stereocenters. The van der Waals surface area contributed by atoms with E-state index in [0.717, 1.165) is 43.0 Å². The highest BCUT2D eigenvalue weighted by atomic mass is 32.2. The monoisotopic (exact) mass is 570 g/mol. The Hall–Kier alpha value is -2.95. The second kappa shape index (κ2) is 12.3. The molecule has 2 aliphatic rings. The number of nitrogens with one attached hydrogen (secondary N) is 1. The van der Waals surface area contributed by atoms with Crippen molar-refractivity contribution < 1.29 is 22.7 Å². The van der Waals surface area contributed by atoms with Gasteiger partial charge in [-0.1, -0.05) is 29.8 Å². The fraction of sp³-hybridized carbons (Fsp3) is 0.533. The first-order valence-electron chi connectivity index (χ1n) is 14.0. The number of rotatable bonds is 8. The number of likely N-dealkylation sites (N-methyl/N-ethyl adjacent to an activating group) is 1. The third kappa shape index (κ3) is 7.41. The van der Waals surface area contributed by atoms with E-state index in [1.165, 1.54) is 4.31 Å². The van der Waals surface area contributed by atoms with Crippen molar-refractivity contribution >= 4 is 27.6 Å². The molecule has 2 aliphatic heterocycles. The van der Waals surface area contributed by atoms with Gasteiger partial charge in [0.15, 0.2) is 0 Å². The summed E-state index contributed by atoms with van der Waals surface area (Å²) in [6, 6.07) is 12.8. The van der Waals surface area contributed by atoms with E-state index in [1.54, 1.807) is 45.0 Å². The number of sulfonamides is 1. The van der Waals surface area contributed by atoms with E-state index in [4.69, 9.17) is 4.74 Å². The Morgan fingerprint density at radius 1 is 0.975 bits per heavy atom. The summed E-state index contributed by atoms with van der Waals surface area (Å²) >= 11 is 0. The third-order valence-electron chi connectivity index (χ3n) is 7.39. The molecule has 0 aromatic heterocycles. The maximum atomic E-state index is 13.5. The minimum absolute atomic E-state index is 0.155. The van der Waals surface area contributed by atoms with Gasteiger partial charge in [0.1, 0.15) is 17.7 Å². The summed E-state index contributed by atoms with van der Waals surface area (Å²) in [7, 11) is -1.74. The molecule has 4 rings (SSSR count). The number of nitrogens with zero attached hydrogens (tertiary/aromatic N) is 3. The SMILES string of the molecule is Cc1ccc(S(=O)(=O)N2CCC[C@@H]2C(=O)N[C@@H](Cc2ccc(N3CCN(C)CC3)cc2)C(=O)OC(C)(C)C)cc1. The van der Waals surface area contributed by atoms with Crippen molar-refractivity contribution in [2.75, 3.05) is 44.7 Å². The summed E-state index contributed by atoms with van der Waals surface area (Å²) in [6.07, 6.45) is 1.19. The van der Waals surface area contributed by atoms with Gasteiger partial charge in [0.2, 0.25) is 15.9 Å². The molecule has 1 amide bonds. The fourth-order valence-corrected chi connectivity index (χ4v) is 6.77. The van der Waals surface area contributed by atoms with Crippen LogP contribution in [-0.4, -0.2) is 87.0 Å². The van der Waals surface area contributed by atoms with Crippen LogP contribution < -0.4 is 10.2 Å². The van der Waals surface area contributed by atoms with Gasteiger partial charge in [0.05, 0.1) is 4.90 Å². The number of hydrogen-bond acceptors (Lipinski definition) is 7. The molecule has 2 aromatic carbocycles. The zero-order valence-electron chi connectivity index (χ0n) is 24.2. The first-order chi connectivity index (χ1) is 18.8. The van der Waals surface area contributed by atoms with Gasteiger partial charge < -0.3 is 19.9 Å². The van der Waals surface area contributed by atoms with Gasteiger partial charge in [-0.2, -0.15) is 4.31 Å². The van der Waals surface area contributed by atoms with Gasteiger partial charge in [-0.15, -0.1) is 0 Å². The van der Waals surface area contributed by atoms with Gasteiger partial charge >= 0.3 is 5.97 Å². The summed E-state index contributed by atoms with van der Waals surface area (Å²) in [5.41, 5.74) is 2.22. The summed E-state index contributed by atoms with van der Waals surface area (Å²) in [4.78, 5) is 31.5. The molecule has 0 spiro atoms. The average Bonchev–Trinajstić information content (AvgIpc) is 3.40. The molecule has 10 heteroatoms. The minimum atomic E-state index is -3.86. The van der Waals surface area contributed by atoms with Crippen LogP contribution in [0.4, 0.5) is 5.69 Å². The zero-order valence-corrected chi connectivity index (χ0v) is 25.0. The first kappa shape index (κ1) is 30.0. The van der Waals surface area contributed by atoms with E-state index in [0.29, 0.717) is 12.8 Å². The molecule has 0 unspecified atom stereocenters. The Kier molecular flexibility index (Phi) is 9.22. The smallest absolute Gasteiger partial charge is 0.329 e. The predicted molar refractivity (Wildman–Crippen MR) is 156 cm³/mol. The van der Waals surface area contributed by atoms with Crippen LogP contribution >= 0.6 is 0 Å². The molecule has 0 saturated carbocycles. The lowest BCUT2D eigenvalue weighted by Gasteiger charge is -2.34. The molecule has 2 heterocycles. The summed E-state index contributed by atoms with van der Waals surface area (Å²) in [5, 5.41) is 2.84. The van der Waals surface area contributed by atoms with E-state index < -0.39 is 39.6 Å².